The average Bonchev–Trinajstić information content (AvgIpc) is 2.23. The van der Waals surface area contributed by atoms with Gasteiger partial charge in [-0.25, -0.2) is 0 Å². The van der Waals surface area contributed by atoms with Crippen LogP contribution in [0, 0.1) is 11.8 Å². The summed E-state index contributed by atoms with van der Waals surface area (Å²) in [5.41, 5.74) is 0. The highest BCUT2D eigenvalue weighted by molar-refractivity contribution is 4.83. The van der Waals surface area contributed by atoms with E-state index in [1.807, 2.05) is 0 Å². The molecule has 0 aliphatic carbocycles. The molecule has 0 fully saturated rings. The summed E-state index contributed by atoms with van der Waals surface area (Å²) < 4.78 is 0. The third-order valence-electron chi connectivity index (χ3n) is 3.16. The van der Waals surface area contributed by atoms with Crippen molar-refractivity contribution in [3.8, 4) is 0 Å². The Balaban J connectivity index is 3.30. The Morgan fingerprint density at radius 3 is 2.25 bits per heavy atom. The maximum atomic E-state index is 2.40. The monoisotopic (exact) mass is 224 g/mol. The van der Waals surface area contributed by atoms with E-state index >= 15 is 0 Å². The highest BCUT2D eigenvalue weighted by atomic mass is 14.0. The van der Waals surface area contributed by atoms with Gasteiger partial charge in [-0.2, -0.15) is 0 Å². The molecule has 0 aromatic heterocycles. The topological polar surface area (TPSA) is 0 Å². The summed E-state index contributed by atoms with van der Waals surface area (Å²) in [6, 6.07) is 0. The van der Waals surface area contributed by atoms with Gasteiger partial charge in [-0.05, 0) is 31.1 Å². The van der Waals surface area contributed by atoms with E-state index in [4.69, 9.17) is 0 Å². The van der Waals surface area contributed by atoms with E-state index in [1.165, 1.54) is 51.4 Å². The zero-order chi connectivity index (χ0) is 12.2. The number of hydrogen-bond acceptors (Lipinski definition) is 0. The lowest BCUT2D eigenvalue weighted by atomic mass is 9.99. The minimum atomic E-state index is 0.862. The molecule has 1 atom stereocenters. The van der Waals surface area contributed by atoms with Crippen LogP contribution in [-0.2, 0) is 0 Å². The first-order valence-electron chi connectivity index (χ1n) is 7.31. The first-order valence-corrected chi connectivity index (χ1v) is 7.31. The molecule has 0 amide bonds. The third kappa shape index (κ3) is 11.8. The highest BCUT2D eigenvalue weighted by Gasteiger charge is 1.98. The molecule has 0 aromatic rings. The van der Waals surface area contributed by atoms with Crippen molar-refractivity contribution in [3.05, 3.63) is 12.2 Å². The van der Waals surface area contributed by atoms with E-state index in [0.29, 0.717) is 0 Å². The van der Waals surface area contributed by atoms with Crippen molar-refractivity contribution < 1.29 is 0 Å². The highest BCUT2D eigenvalue weighted by Crippen LogP contribution is 2.14. The second-order valence-corrected chi connectivity index (χ2v) is 5.63. The van der Waals surface area contributed by atoms with Crippen molar-refractivity contribution in [2.24, 2.45) is 11.8 Å². The molecule has 0 saturated heterocycles. The van der Waals surface area contributed by atoms with Crippen LogP contribution >= 0.6 is 0 Å². The van der Waals surface area contributed by atoms with Crippen LogP contribution in [0.15, 0.2) is 12.2 Å². The molecule has 0 bridgehead atoms. The smallest absolute Gasteiger partial charge is 0.0325 e. The largest absolute Gasteiger partial charge is 0.0885 e. The number of rotatable bonds is 10. The molecule has 0 heterocycles. The Hall–Kier alpha value is -0.260. The van der Waals surface area contributed by atoms with Crippen molar-refractivity contribution in [2.45, 2.75) is 79.1 Å². The van der Waals surface area contributed by atoms with Gasteiger partial charge in [0.25, 0.3) is 0 Å². The maximum absolute atomic E-state index is 2.40. The summed E-state index contributed by atoms with van der Waals surface area (Å²) >= 11 is 0. The fraction of sp³-hybridized carbons (Fsp3) is 0.875. The summed E-state index contributed by atoms with van der Waals surface area (Å²) in [6.45, 7) is 9.27. The van der Waals surface area contributed by atoms with E-state index < -0.39 is 0 Å². The van der Waals surface area contributed by atoms with Gasteiger partial charge in [-0.1, -0.05) is 72.0 Å². The molecule has 0 rings (SSSR count). The zero-order valence-corrected chi connectivity index (χ0v) is 12.0. The van der Waals surface area contributed by atoms with Crippen LogP contribution in [0.1, 0.15) is 79.1 Å². The van der Waals surface area contributed by atoms with Gasteiger partial charge >= 0.3 is 0 Å². The standard InChI is InChI=1S/C16H32/c1-5-6-9-13-16(4)14-11-8-7-10-12-15(2)3/h8,11,15-16H,5-7,9-10,12-14H2,1-4H3/b11-8+. The molecule has 0 aliphatic heterocycles. The second-order valence-electron chi connectivity index (χ2n) is 5.63. The van der Waals surface area contributed by atoms with Gasteiger partial charge in [0.15, 0.2) is 0 Å². The molecule has 0 heteroatoms. The first kappa shape index (κ1) is 15.7. The number of allylic oxidation sites excluding steroid dienone is 2. The fourth-order valence-electron chi connectivity index (χ4n) is 1.95. The van der Waals surface area contributed by atoms with Gasteiger partial charge in [-0.15, -0.1) is 0 Å². The van der Waals surface area contributed by atoms with Crippen molar-refractivity contribution >= 4 is 0 Å². The summed E-state index contributed by atoms with van der Waals surface area (Å²) in [6.07, 6.45) is 15.7. The normalized spacial score (nSPS) is 13.8. The summed E-state index contributed by atoms with van der Waals surface area (Å²) in [5.74, 6) is 1.74. The van der Waals surface area contributed by atoms with Gasteiger partial charge in [0, 0.05) is 0 Å². The molecule has 0 nitrogen and oxygen atoms in total. The summed E-state index contributed by atoms with van der Waals surface area (Å²) in [4.78, 5) is 0. The van der Waals surface area contributed by atoms with Crippen LogP contribution in [0.4, 0.5) is 0 Å². The van der Waals surface area contributed by atoms with Gasteiger partial charge in [-0.3, -0.25) is 0 Å². The Morgan fingerprint density at radius 1 is 0.875 bits per heavy atom. The zero-order valence-electron chi connectivity index (χ0n) is 12.0. The van der Waals surface area contributed by atoms with Crippen LogP contribution in [0.25, 0.3) is 0 Å². The summed E-state index contributed by atoms with van der Waals surface area (Å²) in [7, 11) is 0. The molecule has 0 aliphatic rings. The molecule has 0 aromatic carbocycles. The lowest BCUT2D eigenvalue weighted by Gasteiger charge is -2.07. The van der Waals surface area contributed by atoms with Crippen LogP contribution in [0.3, 0.4) is 0 Å². The molecule has 0 saturated carbocycles. The van der Waals surface area contributed by atoms with Crippen LogP contribution < -0.4 is 0 Å². The van der Waals surface area contributed by atoms with E-state index in [9.17, 15) is 0 Å². The van der Waals surface area contributed by atoms with Crippen molar-refractivity contribution in [1.82, 2.24) is 0 Å². The van der Waals surface area contributed by atoms with Gasteiger partial charge in [0.05, 0.1) is 0 Å². The van der Waals surface area contributed by atoms with Crippen molar-refractivity contribution in [2.75, 3.05) is 0 Å². The van der Waals surface area contributed by atoms with Gasteiger partial charge < -0.3 is 0 Å². The van der Waals surface area contributed by atoms with Gasteiger partial charge in [0.2, 0.25) is 0 Å². The van der Waals surface area contributed by atoms with Crippen LogP contribution in [0.2, 0.25) is 0 Å². The minimum Gasteiger partial charge on any atom is -0.0885 e. The predicted molar refractivity (Wildman–Crippen MR) is 75.8 cm³/mol. The Kier molecular flexibility index (Phi) is 11.0. The van der Waals surface area contributed by atoms with E-state index in [1.54, 1.807) is 0 Å². The molecular formula is C16H32. The van der Waals surface area contributed by atoms with Crippen molar-refractivity contribution in [3.63, 3.8) is 0 Å². The molecule has 0 N–H and O–H groups in total. The Morgan fingerprint density at radius 2 is 1.62 bits per heavy atom. The molecule has 0 radical (unpaired) electrons. The first-order chi connectivity index (χ1) is 7.66. The van der Waals surface area contributed by atoms with E-state index in [0.717, 1.165) is 11.8 Å². The van der Waals surface area contributed by atoms with Crippen LogP contribution in [0.5, 0.6) is 0 Å². The van der Waals surface area contributed by atoms with Crippen LogP contribution in [-0.4, -0.2) is 0 Å². The van der Waals surface area contributed by atoms with E-state index in [2.05, 4.69) is 39.8 Å². The molecular weight excluding hydrogens is 192 g/mol. The third-order valence-corrected chi connectivity index (χ3v) is 3.16. The van der Waals surface area contributed by atoms with Crippen molar-refractivity contribution in [1.29, 1.82) is 0 Å². The SMILES string of the molecule is CCCCCC(C)C/C=C/CCCC(C)C. The Labute approximate surface area is 104 Å². The predicted octanol–water partition coefficient (Wildman–Crippen LogP) is 5.98. The lowest BCUT2D eigenvalue weighted by molar-refractivity contribution is 0.500. The number of unbranched alkanes of at least 4 members (excludes halogenated alkanes) is 3. The molecule has 1 unspecified atom stereocenters. The minimum absolute atomic E-state index is 0.862. The molecule has 96 valence electrons. The maximum Gasteiger partial charge on any atom is -0.0325 e. The summed E-state index contributed by atoms with van der Waals surface area (Å²) in [5, 5.41) is 0. The molecule has 0 spiro atoms. The second kappa shape index (κ2) is 11.2. The fourth-order valence-corrected chi connectivity index (χ4v) is 1.95. The Bertz CT molecular complexity index is 155. The number of hydrogen-bond donors (Lipinski definition) is 0. The quantitative estimate of drug-likeness (QED) is 0.316. The van der Waals surface area contributed by atoms with Gasteiger partial charge in [0.1, 0.15) is 0 Å². The molecule has 16 heavy (non-hydrogen) atoms. The average molecular weight is 224 g/mol. The lowest BCUT2D eigenvalue weighted by Crippen LogP contribution is -1.92. The van der Waals surface area contributed by atoms with E-state index in [-0.39, 0.29) is 0 Å².